The molecule has 1 rings (SSSR count). The molecule has 2 atom stereocenters. The molecule has 0 bridgehead atoms. The molecule has 0 aliphatic carbocycles. The van der Waals surface area contributed by atoms with E-state index in [4.69, 9.17) is 5.11 Å². The minimum atomic E-state index is -4.78. The topological polar surface area (TPSA) is 57.6 Å². The van der Waals surface area contributed by atoms with Gasteiger partial charge in [0.05, 0.1) is 0 Å². The van der Waals surface area contributed by atoms with Crippen molar-refractivity contribution in [3.8, 4) is 11.5 Å². The Morgan fingerprint density at radius 2 is 1.60 bits per heavy atom. The van der Waals surface area contributed by atoms with E-state index in [-0.39, 0.29) is 21.5 Å². The number of rotatable bonds is 3. The molecule has 0 saturated carbocycles. The van der Waals surface area contributed by atoms with Gasteiger partial charge in [0, 0.05) is 0 Å². The lowest BCUT2D eigenvalue weighted by Crippen LogP contribution is -2.46. The van der Waals surface area contributed by atoms with Gasteiger partial charge < -0.3 is 5.11 Å². The molecule has 0 radical (unpaired) electrons. The van der Waals surface area contributed by atoms with Crippen molar-refractivity contribution in [2.75, 3.05) is 0 Å². The van der Waals surface area contributed by atoms with Crippen molar-refractivity contribution in [2.45, 2.75) is 76.8 Å². The quantitative estimate of drug-likeness (QED) is 0.575. The SMILES string of the molecule is CC(C)[Si](C#CC1CC(C(F)(F)F)N(C(=O)O)C1=O)(C(C)C)C(C)C. The van der Waals surface area contributed by atoms with Crippen LogP contribution in [-0.4, -0.2) is 42.3 Å². The van der Waals surface area contributed by atoms with Crippen LogP contribution >= 0.6 is 0 Å². The second-order valence-electron chi connectivity index (χ2n) is 7.50. The van der Waals surface area contributed by atoms with E-state index in [9.17, 15) is 22.8 Å². The molecule has 0 aromatic rings. The first-order chi connectivity index (χ1) is 11.3. The number of hydrogen-bond acceptors (Lipinski definition) is 2. The molecule has 4 nitrogen and oxygen atoms in total. The van der Waals surface area contributed by atoms with E-state index in [1.165, 1.54) is 0 Å². The highest BCUT2D eigenvalue weighted by molar-refractivity contribution is 6.90. The number of imide groups is 1. The summed E-state index contributed by atoms with van der Waals surface area (Å²) in [6.45, 7) is 12.3. The van der Waals surface area contributed by atoms with Crippen LogP contribution < -0.4 is 0 Å². The molecule has 0 aromatic carbocycles. The highest BCUT2D eigenvalue weighted by Crippen LogP contribution is 2.41. The van der Waals surface area contributed by atoms with Crippen LogP contribution in [0.3, 0.4) is 0 Å². The second kappa shape index (κ2) is 7.40. The molecule has 2 amide bonds. The van der Waals surface area contributed by atoms with E-state index in [0.717, 1.165) is 0 Å². The fourth-order valence-electron chi connectivity index (χ4n) is 4.02. The van der Waals surface area contributed by atoms with E-state index < -0.39 is 44.6 Å². The van der Waals surface area contributed by atoms with Crippen LogP contribution in [0.25, 0.3) is 0 Å². The first kappa shape index (κ1) is 21.5. The molecule has 8 heteroatoms. The van der Waals surface area contributed by atoms with Gasteiger partial charge in [-0.1, -0.05) is 47.5 Å². The zero-order chi connectivity index (χ0) is 19.7. The largest absolute Gasteiger partial charge is 0.465 e. The molecule has 1 heterocycles. The minimum Gasteiger partial charge on any atom is -0.465 e. The first-order valence-corrected chi connectivity index (χ1v) is 10.6. The minimum absolute atomic E-state index is 0.108. The van der Waals surface area contributed by atoms with Gasteiger partial charge in [-0.3, -0.25) is 4.79 Å². The fraction of sp³-hybridized carbons (Fsp3) is 0.765. The molecule has 0 aromatic heterocycles. The smallest absolute Gasteiger partial charge is 0.414 e. The van der Waals surface area contributed by atoms with Gasteiger partial charge in [0.25, 0.3) is 0 Å². The Hall–Kier alpha value is -1.49. The molecule has 1 saturated heterocycles. The number of carboxylic acid groups (broad SMARTS) is 1. The Labute approximate surface area is 147 Å². The van der Waals surface area contributed by atoms with Gasteiger partial charge >= 0.3 is 12.3 Å². The van der Waals surface area contributed by atoms with Gasteiger partial charge in [0.2, 0.25) is 5.91 Å². The Kier molecular flexibility index (Phi) is 6.38. The van der Waals surface area contributed by atoms with Crippen LogP contribution in [0.2, 0.25) is 16.6 Å². The van der Waals surface area contributed by atoms with Crippen molar-refractivity contribution < 1.29 is 27.9 Å². The summed E-state index contributed by atoms with van der Waals surface area (Å²) in [5.74, 6) is 0.476. The first-order valence-electron chi connectivity index (χ1n) is 8.42. The van der Waals surface area contributed by atoms with Gasteiger partial charge in [-0.25, -0.2) is 9.69 Å². The number of likely N-dealkylation sites (tertiary alicyclic amines) is 1. The molecule has 142 valence electrons. The summed E-state index contributed by atoms with van der Waals surface area (Å²) in [5.41, 5.74) is 4.02. The van der Waals surface area contributed by atoms with E-state index in [0.29, 0.717) is 0 Å². The van der Waals surface area contributed by atoms with Crippen LogP contribution in [0.1, 0.15) is 48.0 Å². The average Bonchev–Trinajstić information content (AvgIpc) is 2.75. The fourth-order valence-corrected chi connectivity index (χ4v) is 9.31. The lowest BCUT2D eigenvalue weighted by atomic mass is 10.1. The molecular formula is C17H26F3NO3Si. The van der Waals surface area contributed by atoms with Gasteiger partial charge in [0.1, 0.15) is 20.0 Å². The maximum absolute atomic E-state index is 13.1. The Morgan fingerprint density at radius 3 is 1.88 bits per heavy atom. The van der Waals surface area contributed by atoms with Crippen LogP contribution in [-0.2, 0) is 4.79 Å². The van der Waals surface area contributed by atoms with Crippen LogP contribution in [0.4, 0.5) is 18.0 Å². The van der Waals surface area contributed by atoms with E-state index in [2.05, 4.69) is 53.0 Å². The van der Waals surface area contributed by atoms with Crippen molar-refractivity contribution in [3.05, 3.63) is 0 Å². The Morgan fingerprint density at radius 1 is 1.16 bits per heavy atom. The normalized spacial score (nSPS) is 21.9. The zero-order valence-corrected chi connectivity index (χ0v) is 16.4. The lowest BCUT2D eigenvalue weighted by molar-refractivity contribution is -0.175. The zero-order valence-electron chi connectivity index (χ0n) is 15.4. The molecular weight excluding hydrogens is 351 g/mol. The standard InChI is InChI=1S/C17H26F3NO3Si/c1-10(2)25(11(3)4,12(5)6)8-7-13-9-14(17(18,19)20)21(15(13)22)16(23)24/h10-14H,9H2,1-6H3,(H,23,24). The summed E-state index contributed by atoms with van der Waals surface area (Å²) in [6, 6.07) is -2.31. The highest BCUT2D eigenvalue weighted by atomic mass is 28.3. The maximum Gasteiger partial charge on any atom is 0.414 e. The van der Waals surface area contributed by atoms with E-state index in [1.807, 2.05) is 0 Å². The third kappa shape index (κ3) is 4.02. The summed E-state index contributed by atoms with van der Waals surface area (Å²) in [4.78, 5) is 23.2. The highest BCUT2D eigenvalue weighted by Gasteiger charge is 2.55. The predicted molar refractivity (Wildman–Crippen MR) is 91.6 cm³/mol. The Balaban J connectivity index is 3.29. The maximum atomic E-state index is 13.1. The number of hydrogen-bond donors (Lipinski definition) is 1. The van der Waals surface area contributed by atoms with E-state index >= 15 is 0 Å². The van der Waals surface area contributed by atoms with Gasteiger partial charge in [-0.2, -0.15) is 13.2 Å². The van der Waals surface area contributed by atoms with Crippen molar-refractivity contribution >= 4 is 20.1 Å². The molecule has 1 fully saturated rings. The van der Waals surface area contributed by atoms with Crippen molar-refractivity contribution in [2.24, 2.45) is 5.92 Å². The summed E-state index contributed by atoms with van der Waals surface area (Å²) in [7, 11) is -2.20. The van der Waals surface area contributed by atoms with Crippen LogP contribution in [0, 0.1) is 17.4 Å². The molecule has 1 N–H and O–H groups in total. The van der Waals surface area contributed by atoms with Crippen LogP contribution in [0.5, 0.6) is 0 Å². The number of amides is 2. The predicted octanol–water partition coefficient (Wildman–Crippen LogP) is 4.67. The average molecular weight is 377 g/mol. The molecule has 2 unspecified atom stereocenters. The third-order valence-corrected chi connectivity index (χ3v) is 11.5. The molecule has 1 aliphatic heterocycles. The van der Waals surface area contributed by atoms with Crippen molar-refractivity contribution in [1.82, 2.24) is 4.90 Å². The molecule has 0 spiro atoms. The van der Waals surface area contributed by atoms with Gasteiger partial charge in [0.15, 0.2) is 0 Å². The lowest BCUT2D eigenvalue weighted by Gasteiger charge is -2.38. The summed E-state index contributed by atoms with van der Waals surface area (Å²) in [5, 5.41) is 8.99. The van der Waals surface area contributed by atoms with Crippen LogP contribution in [0.15, 0.2) is 0 Å². The third-order valence-electron chi connectivity index (χ3n) is 5.22. The second-order valence-corrected chi connectivity index (χ2v) is 13.1. The van der Waals surface area contributed by atoms with Crippen molar-refractivity contribution in [3.63, 3.8) is 0 Å². The number of halogens is 3. The molecule has 25 heavy (non-hydrogen) atoms. The molecule has 1 aliphatic rings. The van der Waals surface area contributed by atoms with Gasteiger partial charge in [-0.15, -0.1) is 5.54 Å². The summed E-state index contributed by atoms with van der Waals surface area (Å²) in [6.07, 6.45) is -7.29. The number of nitrogens with zero attached hydrogens (tertiary/aromatic N) is 1. The number of carbonyl (C=O) groups excluding carboxylic acids is 1. The summed E-state index contributed by atoms with van der Waals surface area (Å²) < 4.78 is 39.2. The van der Waals surface area contributed by atoms with E-state index in [1.54, 1.807) is 0 Å². The summed E-state index contributed by atoms with van der Waals surface area (Å²) >= 11 is 0. The monoisotopic (exact) mass is 377 g/mol. The van der Waals surface area contributed by atoms with Crippen molar-refractivity contribution in [1.29, 1.82) is 0 Å². The van der Waals surface area contributed by atoms with Gasteiger partial charge in [-0.05, 0) is 23.0 Å². The number of carbonyl (C=O) groups is 2. The number of alkyl halides is 3. The Bertz CT molecular complexity index is 568.